The molecule has 0 aliphatic carbocycles. The molecule has 2 heterocycles. The zero-order chi connectivity index (χ0) is 24.4. The molecule has 2 aliphatic heterocycles. The Morgan fingerprint density at radius 1 is 0.688 bits per heavy atom. The van der Waals surface area contributed by atoms with Crippen molar-refractivity contribution in [3.8, 4) is 0 Å². The zero-order valence-corrected chi connectivity index (χ0v) is 22.9. The maximum absolute atomic E-state index is 11.9. The number of piperidine rings is 2. The molecule has 2 fully saturated rings. The van der Waals surface area contributed by atoms with Crippen molar-refractivity contribution in [3.05, 3.63) is 0 Å². The summed E-state index contributed by atoms with van der Waals surface area (Å²) in [6, 6.07) is 0. The van der Waals surface area contributed by atoms with E-state index in [1.165, 1.54) is 32.1 Å². The van der Waals surface area contributed by atoms with Gasteiger partial charge < -0.3 is 20.8 Å². The van der Waals surface area contributed by atoms with Crippen LogP contribution in [0.5, 0.6) is 0 Å². The van der Waals surface area contributed by atoms with Crippen molar-refractivity contribution in [1.29, 1.82) is 0 Å². The molecule has 0 spiro atoms. The maximum Gasteiger partial charge on any atom is 0.168 e. The molecule has 2 aliphatic rings. The smallest absolute Gasteiger partial charge is 0.168 e. The molecule has 4 heteroatoms. The van der Waals surface area contributed by atoms with Crippen LogP contribution in [0.3, 0.4) is 0 Å². The lowest BCUT2D eigenvalue weighted by molar-refractivity contribution is -0.265. The summed E-state index contributed by atoms with van der Waals surface area (Å²) in [5, 5.41) is 31.3. The highest BCUT2D eigenvalue weighted by Gasteiger charge is 2.53. The van der Waals surface area contributed by atoms with Gasteiger partial charge in [0.2, 0.25) is 0 Å². The predicted molar refractivity (Wildman–Crippen MR) is 137 cm³/mol. The Morgan fingerprint density at radius 2 is 1.09 bits per heavy atom. The van der Waals surface area contributed by atoms with E-state index >= 15 is 0 Å². The molecule has 4 N–H and O–H groups in total. The van der Waals surface area contributed by atoms with Crippen molar-refractivity contribution < 1.29 is 10.2 Å². The summed E-state index contributed by atoms with van der Waals surface area (Å²) in [7, 11) is 0. The van der Waals surface area contributed by atoms with E-state index in [1.807, 2.05) is 0 Å². The van der Waals surface area contributed by atoms with E-state index in [0.29, 0.717) is 5.92 Å². The summed E-state index contributed by atoms with van der Waals surface area (Å²) in [6.45, 7) is 20.2. The van der Waals surface area contributed by atoms with Gasteiger partial charge in [0.05, 0.1) is 0 Å². The fourth-order valence-corrected chi connectivity index (χ4v) is 7.55. The monoisotopic (exact) mass is 452 g/mol. The van der Waals surface area contributed by atoms with Crippen LogP contribution in [0.4, 0.5) is 0 Å². The molecule has 0 radical (unpaired) electrons. The highest BCUT2D eigenvalue weighted by molar-refractivity contribution is 5.05. The summed E-state index contributed by atoms with van der Waals surface area (Å²) < 4.78 is 0. The summed E-state index contributed by atoms with van der Waals surface area (Å²) in [5.41, 5.74) is -0.177. The lowest BCUT2D eigenvalue weighted by Gasteiger charge is -2.55. The molecular weight excluding hydrogens is 396 g/mol. The number of nitrogens with one attached hydrogen (secondary N) is 2. The standard InChI is InChI=1S/C28H56N2O2/c1-10-11-12-13-14-15-16-23(21-17-24(2,3)29-25(4,5)18-21)28(31,32)22-19-26(6,7)30-27(8,9)20-22/h21-23,29-32H,10-20H2,1-9H3. The molecule has 0 aromatic carbocycles. The second kappa shape index (κ2) is 10.2. The van der Waals surface area contributed by atoms with E-state index < -0.39 is 5.79 Å². The number of rotatable bonds is 10. The third kappa shape index (κ3) is 7.96. The Balaban J connectivity index is 2.25. The molecule has 190 valence electrons. The fourth-order valence-electron chi connectivity index (χ4n) is 7.55. The van der Waals surface area contributed by atoms with Gasteiger partial charge in [0.25, 0.3) is 0 Å². The van der Waals surface area contributed by atoms with Crippen molar-refractivity contribution in [2.75, 3.05) is 0 Å². The maximum atomic E-state index is 11.9. The van der Waals surface area contributed by atoms with Crippen LogP contribution >= 0.6 is 0 Å². The van der Waals surface area contributed by atoms with Gasteiger partial charge >= 0.3 is 0 Å². The largest absolute Gasteiger partial charge is 0.365 e. The van der Waals surface area contributed by atoms with E-state index in [1.54, 1.807) is 0 Å². The third-order valence-electron chi connectivity index (χ3n) is 8.00. The predicted octanol–water partition coefficient (Wildman–Crippen LogP) is 6.15. The molecule has 0 saturated carbocycles. The van der Waals surface area contributed by atoms with Gasteiger partial charge in [-0.25, -0.2) is 0 Å². The first-order valence-electron chi connectivity index (χ1n) is 13.5. The highest BCUT2D eigenvalue weighted by atomic mass is 16.5. The lowest BCUT2D eigenvalue weighted by Crippen LogP contribution is -2.65. The van der Waals surface area contributed by atoms with Gasteiger partial charge in [-0.2, -0.15) is 0 Å². The lowest BCUT2D eigenvalue weighted by atomic mass is 9.62. The van der Waals surface area contributed by atoms with Crippen LogP contribution in [0.2, 0.25) is 0 Å². The molecule has 0 aromatic rings. The van der Waals surface area contributed by atoms with Crippen LogP contribution in [-0.2, 0) is 0 Å². The highest BCUT2D eigenvalue weighted by Crippen LogP contribution is 2.48. The molecule has 4 nitrogen and oxygen atoms in total. The first-order valence-corrected chi connectivity index (χ1v) is 13.5. The molecule has 2 rings (SSSR count). The zero-order valence-electron chi connectivity index (χ0n) is 22.9. The third-order valence-corrected chi connectivity index (χ3v) is 8.00. The average molecular weight is 453 g/mol. The van der Waals surface area contributed by atoms with Gasteiger partial charge in [0.1, 0.15) is 0 Å². The van der Waals surface area contributed by atoms with Gasteiger partial charge in [-0.15, -0.1) is 0 Å². The van der Waals surface area contributed by atoms with Crippen LogP contribution < -0.4 is 10.6 Å². The van der Waals surface area contributed by atoms with Crippen LogP contribution in [0.15, 0.2) is 0 Å². The van der Waals surface area contributed by atoms with E-state index in [4.69, 9.17) is 0 Å². The molecule has 32 heavy (non-hydrogen) atoms. The van der Waals surface area contributed by atoms with E-state index in [-0.39, 0.29) is 34.0 Å². The van der Waals surface area contributed by atoms with Gasteiger partial charge in [0, 0.05) is 34.0 Å². The van der Waals surface area contributed by atoms with Gasteiger partial charge in [0.15, 0.2) is 5.79 Å². The second-order valence-electron chi connectivity index (χ2n) is 14.0. The molecule has 1 unspecified atom stereocenters. The molecule has 1 atom stereocenters. The van der Waals surface area contributed by atoms with Gasteiger partial charge in [-0.1, -0.05) is 45.4 Å². The van der Waals surface area contributed by atoms with Crippen molar-refractivity contribution in [2.24, 2.45) is 17.8 Å². The minimum Gasteiger partial charge on any atom is -0.365 e. The van der Waals surface area contributed by atoms with Crippen molar-refractivity contribution in [2.45, 2.75) is 161 Å². The van der Waals surface area contributed by atoms with Crippen molar-refractivity contribution in [1.82, 2.24) is 10.6 Å². The molecule has 2 saturated heterocycles. The summed E-state index contributed by atoms with van der Waals surface area (Å²) in [6.07, 6.45) is 11.9. The molecule has 0 amide bonds. The van der Waals surface area contributed by atoms with Crippen LogP contribution in [0.25, 0.3) is 0 Å². The molecular formula is C28H56N2O2. The minimum absolute atomic E-state index is 0.00847. The fraction of sp³-hybridized carbons (Fsp3) is 1.00. The van der Waals surface area contributed by atoms with E-state index in [9.17, 15) is 10.2 Å². The Hall–Kier alpha value is -0.160. The second-order valence-corrected chi connectivity index (χ2v) is 14.0. The number of aliphatic hydroxyl groups is 2. The van der Waals surface area contributed by atoms with E-state index in [0.717, 1.165) is 38.5 Å². The summed E-state index contributed by atoms with van der Waals surface area (Å²) >= 11 is 0. The average Bonchev–Trinajstić information content (AvgIpc) is 2.55. The van der Waals surface area contributed by atoms with Crippen LogP contribution in [0, 0.1) is 17.8 Å². The summed E-state index contributed by atoms with van der Waals surface area (Å²) in [5.74, 6) is -1.51. The Bertz CT molecular complexity index is 562. The van der Waals surface area contributed by atoms with Gasteiger partial charge in [-0.05, 0) is 93.4 Å². The number of hydrogen-bond acceptors (Lipinski definition) is 4. The minimum atomic E-state index is -1.63. The van der Waals surface area contributed by atoms with Crippen molar-refractivity contribution >= 4 is 0 Å². The van der Waals surface area contributed by atoms with Crippen LogP contribution in [0.1, 0.15) is 133 Å². The number of unbranched alkanes of at least 4 members (excludes halogenated alkanes) is 5. The summed E-state index contributed by atoms with van der Waals surface area (Å²) in [4.78, 5) is 0. The Morgan fingerprint density at radius 3 is 1.56 bits per heavy atom. The quantitative estimate of drug-likeness (QED) is 0.237. The number of hydrogen-bond donors (Lipinski definition) is 4. The molecule has 0 bridgehead atoms. The van der Waals surface area contributed by atoms with Gasteiger partial charge in [-0.3, -0.25) is 0 Å². The van der Waals surface area contributed by atoms with Crippen LogP contribution in [-0.4, -0.2) is 38.2 Å². The van der Waals surface area contributed by atoms with E-state index in [2.05, 4.69) is 72.9 Å². The van der Waals surface area contributed by atoms with Crippen molar-refractivity contribution in [3.63, 3.8) is 0 Å². The first kappa shape index (κ1) is 28.1. The molecule has 0 aromatic heterocycles. The Labute approximate surface area is 199 Å². The normalized spacial score (nSPS) is 26.7. The SMILES string of the molecule is CCCCCCCCC(C1CC(C)(C)NC(C)(C)C1)C(O)(O)C1CC(C)(C)NC(C)(C)C1. The Kier molecular flexibility index (Phi) is 8.97. The topological polar surface area (TPSA) is 64.5 Å². The first-order chi connectivity index (χ1) is 14.5.